The van der Waals surface area contributed by atoms with Crippen molar-refractivity contribution < 1.29 is 14.0 Å². The van der Waals surface area contributed by atoms with Crippen molar-refractivity contribution in [3.63, 3.8) is 0 Å². The van der Waals surface area contributed by atoms with Crippen molar-refractivity contribution in [3.8, 4) is 0 Å². The number of amides is 2. The molecule has 0 aromatic carbocycles. The number of hydrogen-bond donors (Lipinski definition) is 1. The summed E-state index contributed by atoms with van der Waals surface area (Å²) in [4.78, 5) is 24.8. The normalized spacial score (nSPS) is 10.1. The number of rotatable bonds is 7. The van der Waals surface area contributed by atoms with Crippen LogP contribution < -0.4 is 5.32 Å². The number of hydrogen-bond acceptors (Lipinski definition) is 3. The molecule has 1 rings (SSSR count). The summed E-state index contributed by atoms with van der Waals surface area (Å²) >= 11 is 0. The topological polar surface area (TPSA) is 62.6 Å². The zero-order chi connectivity index (χ0) is 13.4. The Labute approximate surface area is 107 Å². The standard InChI is InChI=1S/C13H20N2O3/c1-3-4-7-15(2)13(17)9-12(16)14-10-11-6-5-8-18-11/h5-6,8H,3-4,7,9-10H2,1-2H3,(H,14,16). The van der Waals surface area contributed by atoms with Crippen LogP contribution in [0, 0.1) is 0 Å². The van der Waals surface area contributed by atoms with Crippen molar-refractivity contribution in [2.24, 2.45) is 0 Å². The molecule has 0 aliphatic heterocycles. The second kappa shape index (κ2) is 7.53. The van der Waals surface area contributed by atoms with Crippen LogP contribution in [0.5, 0.6) is 0 Å². The van der Waals surface area contributed by atoms with Gasteiger partial charge >= 0.3 is 0 Å². The highest BCUT2D eigenvalue weighted by Crippen LogP contribution is 2.00. The van der Waals surface area contributed by atoms with Crippen molar-refractivity contribution in [2.45, 2.75) is 32.7 Å². The molecule has 18 heavy (non-hydrogen) atoms. The van der Waals surface area contributed by atoms with Gasteiger partial charge in [-0.2, -0.15) is 0 Å². The molecule has 100 valence electrons. The number of carbonyl (C=O) groups is 2. The fourth-order valence-corrected chi connectivity index (χ4v) is 1.45. The largest absolute Gasteiger partial charge is 0.467 e. The Kier molecular flexibility index (Phi) is 5.97. The summed E-state index contributed by atoms with van der Waals surface area (Å²) in [5.41, 5.74) is 0. The highest BCUT2D eigenvalue weighted by molar-refractivity contribution is 5.96. The molecule has 1 aromatic heterocycles. The van der Waals surface area contributed by atoms with Gasteiger partial charge in [0.15, 0.2) is 0 Å². The molecule has 0 atom stereocenters. The minimum atomic E-state index is -0.278. The predicted octanol–water partition coefficient (Wildman–Crippen LogP) is 1.54. The maximum atomic E-state index is 11.7. The van der Waals surface area contributed by atoms with Crippen LogP contribution >= 0.6 is 0 Å². The highest BCUT2D eigenvalue weighted by Gasteiger charge is 2.13. The van der Waals surface area contributed by atoms with E-state index in [1.807, 2.05) is 0 Å². The lowest BCUT2D eigenvalue weighted by Gasteiger charge is -2.16. The van der Waals surface area contributed by atoms with Gasteiger partial charge in [0.05, 0.1) is 12.8 Å². The van der Waals surface area contributed by atoms with Gasteiger partial charge in [0.1, 0.15) is 12.2 Å². The number of nitrogens with zero attached hydrogens (tertiary/aromatic N) is 1. The second-order valence-electron chi connectivity index (χ2n) is 4.20. The molecule has 0 fully saturated rings. The van der Waals surface area contributed by atoms with Crippen LogP contribution in [-0.4, -0.2) is 30.3 Å². The first-order chi connectivity index (χ1) is 8.63. The van der Waals surface area contributed by atoms with Gasteiger partial charge in [0, 0.05) is 13.6 Å². The Bertz CT molecular complexity index is 374. The van der Waals surface area contributed by atoms with Gasteiger partial charge in [-0.05, 0) is 18.6 Å². The van der Waals surface area contributed by atoms with Crippen LogP contribution in [0.4, 0.5) is 0 Å². The first kappa shape index (κ1) is 14.3. The molecule has 5 nitrogen and oxygen atoms in total. The summed E-state index contributed by atoms with van der Waals surface area (Å²) in [6, 6.07) is 3.53. The third kappa shape index (κ3) is 5.03. The van der Waals surface area contributed by atoms with Crippen LogP contribution in [-0.2, 0) is 16.1 Å². The summed E-state index contributed by atoms with van der Waals surface area (Å²) in [5, 5.41) is 2.65. The molecule has 1 N–H and O–H groups in total. The molecule has 5 heteroatoms. The zero-order valence-corrected chi connectivity index (χ0v) is 10.9. The number of furan rings is 1. The molecule has 2 amide bonds. The van der Waals surface area contributed by atoms with Crippen molar-refractivity contribution in [3.05, 3.63) is 24.2 Å². The summed E-state index contributed by atoms with van der Waals surface area (Å²) in [6.45, 7) is 3.08. The number of unbranched alkanes of at least 4 members (excludes halogenated alkanes) is 1. The Morgan fingerprint density at radius 2 is 2.22 bits per heavy atom. The van der Waals surface area contributed by atoms with E-state index in [1.54, 1.807) is 30.3 Å². The summed E-state index contributed by atoms with van der Waals surface area (Å²) in [6.07, 6.45) is 3.42. The summed E-state index contributed by atoms with van der Waals surface area (Å²) in [7, 11) is 1.72. The predicted molar refractivity (Wildman–Crippen MR) is 67.7 cm³/mol. The van der Waals surface area contributed by atoms with E-state index < -0.39 is 0 Å². The maximum Gasteiger partial charge on any atom is 0.231 e. The Morgan fingerprint density at radius 1 is 1.44 bits per heavy atom. The van der Waals surface area contributed by atoms with E-state index in [-0.39, 0.29) is 18.2 Å². The second-order valence-corrected chi connectivity index (χ2v) is 4.20. The van der Waals surface area contributed by atoms with Gasteiger partial charge in [-0.1, -0.05) is 13.3 Å². The fourth-order valence-electron chi connectivity index (χ4n) is 1.45. The van der Waals surface area contributed by atoms with Crippen molar-refractivity contribution in [2.75, 3.05) is 13.6 Å². The molecule has 1 aromatic rings. The van der Waals surface area contributed by atoms with E-state index in [0.29, 0.717) is 18.8 Å². The van der Waals surface area contributed by atoms with Crippen molar-refractivity contribution in [1.29, 1.82) is 0 Å². The van der Waals surface area contributed by atoms with E-state index in [0.717, 1.165) is 12.8 Å². The third-order valence-corrected chi connectivity index (χ3v) is 2.62. The summed E-state index contributed by atoms with van der Waals surface area (Å²) < 4.78 is 5.08. The first-order valence-corrected chi connectivity index (χ1v) is 6.16. The first-order valence-electron chi connectivity index (χ1n) is 6.16. The lowest BCUT2D eigenvalue weighted by atomic mass is 10.3. The van der Waals surface area contributed by atoms with Crippen molar-refractivity contribution >= 4 is 11.8 Å². The van der Waals surface area contributed by atoms with Gasteiger partial charge in [0.2, 0.25) is 11.8 Å². The minimum absolute atomic E-state index is 0.110. The van der Waals surface area contributed by atoms with Crippen LogP contribution in [0.1, 0.15) is 31.9 Å². The van der Waals surface area contributed by atoms with Crippen LogP contribution in [0.3, 0.4) is 0 Å². The number of nitrogens with one attached hydrogen (secondary N) is 1. The molecular formula is C13H20N2O3. The van der Waals surface area contributed by atoms with Gasteiger partial charge in [-0.15, -0.1) is 0 Å². The van der Waals surface area contributed by atoms with E-state index in [2.05, 4.69) is 12.2 Å². The Morgan fingerprint density at radius 3 is 2.83 bits per heavy atom. The SMILES string of the molecule is CCCCN(C)C(=O)CC(=O)NCc1ccco1. The molecular weight excluding hydrogens is 232 g/mol. The van der Waals surface area contributed by atoms with E-state index >= 15 is 0 Å². The Balaban J connectivity index is 2.24. The average molecular weight is 252 g/mol. The van der Waals surface area contributed by atoms with E-state index in [9.17, 15) is 9.59 Å². The third-order valence-electron chi connectivity index (χ3n) is 2.62. The van der Waals surface area contributed by atoms with Crippen LogP contribution in [0.15, 0.2) is 22.8 Å². The fraction of sp³-hybridized carbons (Fsp3) is 0.538. The van der Waals surface area contributed by atoms with Crippen LogP contribution in [0.25, 0.3) is 0 Å². The lowest BCUT2D eigenvalue weighted by Crippen LogP contribution is -2.33. The highest BCUT2D eigenvalue weighted by atomic mass is 16.3. The maximum absolute atomic E-state index is 11.7. The molecule has 0 radical (unpaired) electrons. The molecule has 1 heterocycles. The molecule has 0 spiro atoms. The van der Waals surface area contributed by atoms with Crippen molar-refractivity contribution in [1.82, 2.24) is 10.2 Å². The quantitative estimate of drug-likeness (QED) is 0.749. The molecule has 0 bridgehead atoms. The van der Waals surface area contributed by atoms with Gasteiger partial charge in [0.25, 0.3) is 0 Å². The smallest absolute Gasteiger partial charge is 0.231 e. The van der Waals surface area contributed by atoms with Gasteiger partial charge in [-0.3, -0.25) is 9.59 Å². The molecule has 0 aliphatic rings. The van der Waals surface area contributed by atoms with Gasteiger partial charge < -0.3 is 14.6 Å². The monoisotopic (exact) mass is 252 g/mol. The molecule has 0 aliphatic carbocycles. The van der Waals surface area contributed by atoms with Crippen LogP contribution in [0.2, 0.25) is 0 Å². The molecule has 0 unspecified atom stereocenters. The van der Waals surface area contributed by atoms with E-state index in [1.165, 1.54) is 0 Å². The minimum Gasteiger partial charge on any atom is -0.467 e. The molecule has 0 saturated carbocycles. The number of carbonyl (C=O) groups excluding carboxylic acids is 2. The molecule has 0 saturated heterocycles. The lowest BCUT2D eigenvalue weighted by molar-refractivity contribution is -0.135. The average Bonchev–Trinajstić information content (AvgIpc) is 2.86. The Hall–Kier alpha value is -1.78. The summed E-state index contributed by atoms with van der Waals surface area (Å²) in [5.74, 6) is 0.246. The van der Waals surface area contributed by atoms with Gasteiger partial charge in [-0.25, -0.2) is 0 Å². The zero-order valence-electron chi connectivity index (χ0n) is 10.9. The van der Waals surface area contributed by atoms with E-state index in [4.69, 9.17) is 4.42 Å².